The van der Waals surface area contributed by atoms with Crippen LogP contribution in [0.5, 0.6) is 0 Å². The van der Waals surface area contributed by atoms with Gasteiger partial charge in [-0.1, -0.05) is 45.4 Å². The summed E-state index contributed by atoms with van der Waals surface area (Å²) in [4.78, 5) is 0.198. The third-order valence-electron chi connectivity index (χ3n) is 4.20. The second-order valence-corrected chi connectivity index (χ2v) is 9.74. The number of rotatable bonds is 9. The molecule has 0 aliphatic carbocycles. The van der Waals surface area contributed by atoms with Crippen LogP contribution in [0.1, 0.15) is 32.8 Å². The Kier molecular flexibility index (Phi) is 7.02. The Morgan fingerprint density at radius 2 is 1.48 bits per heavy atom. The van der Waals surface area contributed by atoms with Gasteiger partial charge in [0, 0.05) is 13.1 Å². The fraction of sp³-hybridized carbons (Fsp3) is 0.368. The standard InChI is InChI=1S/C19H26N2O4S2/c1-4-8-16-11-13-18(14-12-16)26(22,23)20-17-9-7-10-19(15-17)27(24,25)21(5-2)6-3/h7,9-15,20H,4-6,8H2,1-3H3. The smallest absolute Gasteiger partial charge is 0.261 e. The second kappa shape index (κ2) is 8.86. The molecule has 0 radical (unpaired) electrons. The highest BCUT2D eigenvalue weighted by molar-refractivity contribution is 7.92. The van der Waals surface area contributed by atoms with E-state index in [0.29, 0.717) is 13.1 Å². The lowest BCUT2D eigenvalue weighted by molar-refractivity contribution is 0.445. The fourth-order valence-corrected chi connectivity index (χ4v) is 5.32. The number of nitrogens with zero attached hydrogens (tertiary/aromatic N) is 1. The molecule has 0 saturated carbocycles. The summed E-state index contributed by atoms with van der Waals surface area (Å²) in [6.07, 6.45) is 1.87. The molecule has 0 spiro atoms. The Bertz CT molecular complexity index is 965. The first-order valence-electron chi connectivity index (χ1n) is 8.96. The molecule has 6 nitrogen and oxygen atoms in total. The average Bonchev–Trinajstić information content (AvgIpc) is 2.63. The van der Waals surface area contributed by atoms with Crippen molar-refractivity contribution in [2.75, 3.05) is 17.8 Å². The van der Waals surface area contributed by atoms with Crippen LogP contribution < -0.4 is 4.72 Å². The molecule has 0 saturated heterocycles. The van der Waals surface area contributed by atoms with Gasteiger partial charge in [-0.05, 0) is 42.3 Å². The van der Waals surface area contributed by atoms with Gasteiger partial charge < -0.3 is 0 Å². The number of hydrogen-bond acceptors (Lipinski definition) is 4. The van der Waals surface area contributed by atoms with Crippen molar-refractivity contribution in [1.82, 2.24) is 4.31 Å². The molecule has 0 aromatic heterocycles. The number of nitrogens with one attached hydrogen (secondary N) is 1. The van der Waals surface area contributed by atoms with Gasteiger partial charge in [-0.3, -0.25) is 4.72 Å². The number of anilines is 1. The molecular weight excluding hydrogens is 384 g/mol. The van der Waals surface area contributed by atoms with Gasteiger partial charge in [0.15, 0.2) is 0 Å². The van der Waals surface area contributed by atoms with E-state index in [1.807, 2.05) is 0 Å². The molecule has 27 heavy (non-hydrogen) atoms. The molecule has 0 bridgehead atoms. The minimum Gasteiger partial charge on any atom is -0.280 e. The van der Waals surface area contributed by atoms with Crippen molar-refractivity contribution in [2.24, 2.45) is 0 Å². The second-order valence-electron chi connectivity index (χ2n) is 6.12. The van der Waals surface area contributed by atoms with E-state index in [4.69, 9.17) is 0 Å². The molecule has 0 atom stereocenters. The molecule has 0 aliphatic rings. The van der Waals surface area contributed by atoms with Crippen molar-refractivity contribution in [3.8, 4) is 0 Å². The van der Waals surface area contributed by atoms with Gasteiger partial charge in [0.25, 0.3) is 10.0 Å². The highest BCUT2D eigenvalue weighted by Gasteiger charge is 2.22. The number of aryl methyl sites for hydroxylation is 1. The van der Waals surface area contributed by atoms with E-state index in [-0.39, 0.29) is 15.5 Å². The van der Waals surface area contributed by atoms with Crippen LogP contribution in [0.2, 0.25) is 0 Å². The van der Waals surface area contributed by atoms with Crippen LogP contribution in [-0.4, -0.2) is 34.2 Å². The number of benzene rings is 2. The van der Waals surface area contributed by atoms with Gasteiger partial charge in [-0.2, -0.15) is 4.31 Å². The van der Waals surface area contributed by atoms with E-state index >= 15 is 0 Å². The van der Waals surface area contributed by atoms with Gasteiger partial charge >= 0.3 is 0 Å². The van der Waals surface area contributed by atoms with Crippen LogP contribution in [0.25, 0.3) is 0 Å². The van der Waals surface area contributed by atoms with Crippen LogP contribution in [0, 0.1) is 0 Å². The maximum absolute atomic E-state index is 12.6. The van der Waals surface area contributed by atoms with Crippen molar-refractivity contribution < 1.29 is 16.8 Å². The first-order valence-corrected chi connectivity index (χ1v) is 11.9. The molecule has 8 heteroatoms. The first-order chi connectivity index (χ1) is 12.7. The maximum atomic E-state index is 12.6. The van der Waals surface area contributed by atoms with E-state index in [1.165, 1.54) is 28.6 Å². The summed E-state index contributed by atoms with van der Waals surface area (Å²) in [5.74, 6) is 0. The van der Waals surface area contributed by atoms with E-state index in [1.54, 1.807) is 38.1 Å². The average molecular weight is 411 g/mol. The molecule has 0 fully saturated rings. The lowest BCUT2D eigenvalue weighted by Gasteiger charge is -2.19. The van der Waals surface area contributed by atoms with Crippen LogP contribution in [-0.2, 0) is 26.5 Å². The van der Waals surface area contributed by atoms with Crippen LogP contribution in [0.4, 0.5) is 5.69 Å². The van der Waals surface area contributed by atoms with Gasteiger partial charge in [0.05, 0.1) is 15.5 Å². The van der Waals surface area contributed by atoms with E-state index < -0.39 is 20.0 Å². The minimum absolute atomic E-state index is 0.0599. The summed E-state index contributed by atoms with van der Waals surface area (Å²) < 4.78 is 54.3. The Hall–Kier alpha value is -1.90. The van der Waals surface area contributed by atoms with Crippen molar-refractivity contribution in [2.45, 2.75) is 43.4 Å². The highest BCUT2D eigenvalue weighted by atomic mass is 32.2. The van der Waals surface area contributed by atoms with E-state index in [9.17, 15) is 16.8 Å². The van der Waals surface area contributed by atoms with E-state index in [2.05, 4.69) is 11.6 Å². The molecule has 0 aliphatic heterocycles. The fourth-order valence-electron chi connectivity index (χ4n) is 2.77. The molecule has 0 unspecified atom stereocenters. The van der Waals surface area contributed by atoms with Gasteiger partial charge in [-0.15, -0.1) is 0 Å². The summed E-state index contributed by atoms with van der Waals surface area (Å²) >= 11 is 0. The third-order valence-corrected chi connectivity index (χ3v) is 7.64. The zero-order chi connectivity index (χ0) is 20.1. The van der Waals surface area contributed by atoms with Gasteiger partial charge in [0.2, 0.25) is 10.0 Å². The largest absolute Gasteiger partial charge is 0.280 e. The zero-order valence-corrected chi connectivity index (χ0v) is 17.5. The molecule has 2 rings (SSSR count). The first kappa shape index (κ1) is 21.4. The van der Waals surface area contributed by atoms with Crippen LogP contribution in [0.3, 0.4) is 0 Å². The summed E-state index contributed by atoms with van der Waals surface area (Å²) in [6, 6.07) is 12.6. The topological polar surface area (TPSA) is 83.5 Å². The Labute approximate surface area is 162 Å². The Balaban J connectivity index is 2.29. The number of sulfonamides is 2. The van der Waals surface area contributed by atoms with Gasteiger partial charge in [0.1, 0.15) is 0 Å². The number of hydrogen-bond donors (Lipinski definition) is 1. The van der Waals surface area contributed by atoms with Crippen molar-refractivity contribution in [3.63, 3.8) is 0 Å². The van der Waals surface area contributed by atoms with Crippen molar-refractivity contribution in [3.05, 3.63) is 54.1 Å². The molecule has 1 N–H and O–H groups in total. The monoisotopic (exact) mass is 410 g/mol. The van der Waals surface area contributed by atoms with Crippen LogP contribution >= 0.6 is 0 Å². The Morgan fingerprint density at radius 1 is 0.852 bits per heavy atom. The summed E-state index contributed by atoms with van der Waals surface area (Å²) in [7, 11) is -7.45. The van der Waals surface area contributed by atoms with Gasteiger partial charge in [-0.25, -0.2) is 16.8 Å². The van der Waals surface area contributed by atoms with Crippen LogP contribution in [0.15, 0.2) is 58.3 Å². The van der Waals surface area contributed by atoms with E-state index in [0.717, 1.165) is 18.4 Å². The lowest BCUT2D eigenvalue weighted by Crippen LogP contribution is -2.30. The molecule has 0 heterocycles. The zero-order valence-electron chi connectivity index (χ0n) is 15.8. The Morgan fingerprint density at radius 3 is 2.04 bits per heavy atom. The van der Waals surface area contributed by atoms with Crippen molar-refractivity contribution >= 4 is 25.7 Å². The highest BCUT2D eigenvalue weighted by Crippen LogP contribution is 2.22. The maximum Gasteiger partial charge on any atom is 0.261 e. The molecule has 2 aromatic carbocycles. The molecular formula is C19H26N2O4S2. The summed E-state index contributed by atoms with van der Waals surface area (Å²) in [5, 5.41) is 0. The normalized spacial score (nSPS) is 12.3. The molecule has 2 aromatic rings. The quantitative estimate of drug-likeness (QED) is 0.686. The minimum atomic E-state index is -3.80. The SMILES string of the molecule is CCCc1ccc(S(=O)(=O)Nc2cccc(S(=O)(=O)N(CC)CC)c2)cc1. The molecule has 148 valence electrons. The summed E-state index contributed by atoms with van der Waals surface area (Å²) in [5.41, 5.74) is 1.28. The molecule has 0 amide bonds. The van der Waals surface area contributed by atoms with Crippen molar-refractivity contribution in [1.29, 1.82) is 0 Å². The summed E-state index contributed by atoms with van der Waals surface area (Å²) in [6.45, 7) is 6.27. The predicted molar refractivity (Wildman–Crippen MR) is 108 cm³/mol. The predicted octanol–water partition coefficient (Wildman–Crippen LogP) is 3.47. The third kappa shape index (κ3) is 5.09. The lowest BCUT2D eigenvalue weighted by atomic mass is 10.1.